The first-order valence-corrected chi connectivity index (χ1v) is 10.2. The zero-order valence-corrected chi connectivity index (χ0v) is 16.7. The van der Waals surface area contributed by atoms with E-state index in [4.69, 9.17) is 9.47 Å². The van der Waals surface area contributed by atoms with E-state index in [1.807, 2.05) is 84.9 Å². The maximum absolute atomic E-state index is 13.2. The van der Waals surface area contributed by atoms with Crippen LogP contribution in [-0.2, 0) is 19.9 Å². The fraction of sp³-hybridized carbons (Fsp3) is 0.167. The van der Waals surface area contributed by atoms with Crippen molar-refractivity contribution in [2.75, 3.05) is 7.11 Å². The van der Waals surface area contributed by atoms with E-state index in [9.17, 15) is 9.59 Å². The number of ketones is 1. The van der Waals surface area contributed by atoms with E-state index in [1.165, 1.54) is 11.8 Å². The highest BCUT2D eigenvalue weighted by Crippen LogP contribution is 2.43. The second-order valence-corrected chi connectivity index (χ2v) is 7.98. The van der Waals surface area contributed by atoms with Crippen LogP contribution in [0.25, 0.3) is 0 Å². The molecule has 0 saturated carbocycles. The van der Waals surface area contributed by atoms with Crippen LogP contribution in [0, 0.1) is 0 Å². The quantitative estimate of drug-likeness (QED) is 0.459. The summed E-state index contributed by atoms with van der Waals surface area (Å²) in [7, 11) is 1.58. The number of thioether (sulfide) groups is 1. The predicted molar refractivity (Wildman–Crippen MR) is 112 cm³/mol. The molecule has 1 atom stereocenters. The number of hydrogen-bond donors (Lipinski definition) is 0. The Bertz CT molecular complexity index is 958. The molecule has 3 aromatic rings. The Balaban J connectivity index is 1.68. The minimum atomic E-state index is -1.11. The number of hydrogen-bond acceptors (Lipinski definition) is 5. The average Bonchev–Trinajstić information content (AvgIpc) is 2.77. The number of carbonyl (C=O) groups is 2. The monoisotopic (exact) mass is 404 g/mol. The summed E-state index contributed by atoms with van der Waals surface area (Å²) in [5, 5.41) is -0.900. The van der Waals surface area contributed by atoms with Gasteiger partial charge >= 0.3 is 5.97 Å². The summed E-state index contributed by atoms with van der Waals surface area (Å²) in [5.74, 6) is -0.00176. The molecule has 1 saturated heterocycles. The smallest absolute Gasteiger partial charge is 0.328 e. The lowest BCUT2D eigenvalue weighted by Crippen LogP contribution is -2.48. The van der Waals surface area contributed by atoms with Gasteiger partial charge in [-0.3, -0.25) is 9.59 Å². The molecule has 0 amide bonds. The number of esters is 1. The number of cyclic esters (lactones) is 1. The molecule has 0 bridgehead atoms. The van der Waals surface area contributed by atoms with Gasteiger partial charge < -0.3 is 9.47 Å². The second-order valence-electron chi connectivity index (χ2n) is 6.80. The Morgan fingerprint density at radius 2 is 1.52 bits per heavy atom. The summed E-state index contributed by atoms with van der Waals surface area (Å²) in [4.78, 5) is 27.0. The third-order valence-electron chi connectivity index (χ3n) is 4.98. The molecule has 0 radical (unpaired) electrons. The first-order chi connectivity index (χ1) is 14.1. The maximum Gasteiger partial charge on any atom is 0.328 e. The van der Waals surface area contributed by atoms with Crippen LogP contribution in [0.4, 0.5) is 0 Å². The van der Waals surface area contributed by atoms with E-state index < -0.39 is 16.8 Å². The largest absolute Gasteiger partial charge is 0.497 e. The summed E-state index contributed by atoms with van der Waals surface area (Å²) in [6.07, 6.45) is 0.0917. The molecule has 1 aliphatic heterocycles. The van der Waals surface area contributed by atoms with E-state index in [2.05, 4.69) is 0 Å². The minimum Gasteiger partial charge on any atom is -0.497 e. The molecule has 0 aromatic heterocycles. The Kier molecular flexibility index (Phi) is 5.41. The molecule has 29 heavy (non-hydrogen) atoms. The number of ether oxygens (including phenoxy) is 2. The van der Waals surface area contributed by atoms with E-state index in [0.29, 0.717) is 5.75 Å². The molecule has 4 rings (SSSR count). The number of Topliss-reactive ketones (excluding diaryl/α,β-unsaturated/α-hetero) is 1. The van der Waals surface area contributed by atoms with Crippen molar-refractivity contribution in [3.05, 3.63) is 96.1 Å². The molecule has 1 fully saturated rings. The predicted octanol–water partition coefficient (Wildman–Crippen LogP) is 4.62. The lowest BCUT2D eigenvalue weighted by molar-refractivity contribution is -0.165. The van der Waals surface area contributed by atoms with Gasteiger partial charge in [-0.1, -0.05) is 66.7 Å². The van der Waals surface area contributed by atoms with Crippen molar-refractivity contribution in [2.24, 2.45) is 0 Å². The standard InChI is InChI=1S/C24H20O4S/c1-27-19-13-8-14-20(15-19)29-22-21(25)16-24(28-23(22)26,17-9-4-2-5-10-17)18-11-6-3-7-12-18/h2-15,22H,16H2,1H3. The normalized spacial score (nSPS) is 18.2. The molecule has 0 N–H and O–H groups in total. The summed E-state index contributed by atoms with van der Waals surface area (Å²) in [5.41, 5.74) is 0.470. The molecule has 0 aliphatic carbocycles. The zero-order chi connectivity index (χ0) is 20.3. The van der Waals surface area contributed by atoms with Crippen LogP contribution < -0.4 is 4.74 Å². The molecule has 1 heterocycles. The van der Waals surface area contributed by atoms with Gasteiger partial charge in [0.15, 0.2) is 16.6 Å². The van der Waals surface area contributed by atoms with Gasteiger partial charge in [0, 0.05) is 16.0 Å². The van der Waals surface area contributed by atoms with Crippen LogP contribution in [0.5, 0.6) is 5.75 Å². The van der Waals surface area contributed by atoms with Gasteiger partial charge in [-0.25, -0.2) is 0 Å². The highest BCUT2D eigenvalue weighted by molar-refractivity contribution is 8.01. The maximum atomic E-state index is 13.2. The third-order valence-corrected chi connectivity index (χ3v) is 6.20. The van der Waals surface area contributed by atoms with Crippen LogP contribution in [0.15, 0.2) is 89.8 Å². The summed E-state index contributed by atoms with van der Waals surface area (Å²) < 4.78 is 11.3. The van der Waals surface area contributed by atoms with Crippen LogP contribution >= 0.6 is 11.8 Å². The number of methoxy groups -OCH3 is 1. The van der Waals surface area contributed by atoms with Crippen molar-refractivity contribution in [3.63, 3.8) is 0 Å². The topological polar surface area (TPSA) is 52.6 Å². The average molecular weight is 404 g/mol. The fourth-order valence-electron chi connectivity index (χ4n) is 3.56. The molecule has 3 aromatic carbocycles. The van der Waals surface area contributed by atoms with Gasteiger partial charge in [-0.15, -0.1) is 11.8 Å². The molecular formula is C24H20O4S. The Morgan fingerprint density at radius 3 is 2.07 bits per heavy atom. The SMILES string of the molecule is COc1cccc(SC2C(=O)CC(c3ccccc3)(c3ccccc3)OC2=O)c1. The van der Waals surface area contributed by atoms with E-state index in [0.717, 1.165) is 16.0 Å². The summed E-state index contributed by atoms with van der Waals surface area (Å²) in [6.45, 7) is 0. The summed E-state index contributed by atoms with van der Waals surface area (Å²) >= 11 is 1.20. The molecular weight excluding hydrogens is 384 g/mol. The second kappa shape index (κ2) is 8.13. The van der Waals surface area contributed by atoms with E-state index >= 15 is 0 Å². The lowest BCUT2D eigenvalue weighted by atomic mass is 9.80. The van der Waals surface area contributed by atoms with E-state index in [-0.39, 0.29) is 12.2 Å². The van der Waals surface area contributed by atoms with Crippen LogP contribution in [-0.4, -0.2) is 24.1 Å². The van der Waals surface area contributed by atoms with Crippen molar-refractivity contribution in [2.45, 2.75) is 22.2 Å². The number of carbonyl (C=O) groups excluding carboxylic acids is 2. The summed E-state index contributed by atoms with van der Waals surface area (Å²) in [6, 6.07) is 26.2. The lowest BCUT2D eigenvalue weighted by Gasteiger charge is -2.39. The molecule has 1 aliphatic rings. The Morgan fingerprint density at radius 1 is 0.897 bits per heavy atom. The highest BCUT2D eigenvalue weighted by Gasteiger charge is 2.49. The van der Waals surface area contributed by atoms with Crippen LogP contribution in [0.2, 0.25) is 0 Å². The van der Waals surface area contributed by atoms with Gasteiger partial charge in [0.05, 0.1) is 13.5 Å². The fourth-order valence-corrected chi connectivity index (χ4v) is 4.53. The van der Waals surface area contributed by atoms with Gasteiger partial charge in [0.25, 0.3) is 0 Å². The number of benzene rings is 3. The van der Waals surface area contributed by atoms with Crippen molar-refractivity contribution >= 4 is 23.5 Å². The Labute approximate surface area is 173 Å². The third kappa shape index (κ3) is 3.78. The Hall–Kier alpha value is -3.05. The zero-order valence-electron chi connectivity index (χ0n) is 15.9. The number of rotatable bonds is 5. The van der Waals surface area contributed by atoms with E-state index in [1.54, 1.807) is 7.11 Å². The van der Waals surface area contributed by atoms with Crippen molar-refractivity contribution < 1.29 is 19.1 Å². The van der Waals surface area contributed by atoms with Gasteiger partial charge in [-0.05, 0) is 18.2 Å². The molecule has 0 spiro atoms. The first-order valence-electron chi connectivity index (χ1n) is 9.30. The molecule has 5 heteroatoms. The minimum absolute atomic E-state index is 0.0917. The van der Waals surface area contributed by atoms with Gasteiger partial charge in [0.1, 0.15) is 5.75 Å². The van der Waals surface area contributed by atoms with Crippen molar-refractivity contribution in [3.8, 4) is 5.75 Å². The van der Waals surface area contributed by atoms with Gasteiger partial charge in [-0.2, -0.15) is 0 Å². The highest BCUT2D eigenvalue weighted by atomic mass is 32.2. The van der Waals surface area contributed by atoms with Crippen molar-refractivity contribution in [1.29, 1.82) is 0 Å². The first kappa shape index (κ1) is 19.3. The molecule has 4 nitrogen and oxygen atoms in total. The van der Waals surface area contributed by atoms with Crippen molar-refractivity contribution in [1.82, 2.24) is 0 Å². The van der Waals surface area contributed by atoms with Crippen LogP contribution in [0.3, 0.4) is 0 Å². The van der Waals surface area contributed by atoms with Gasteiger partial charge in [0.2, 0.25) is 0 Å². The molecule has 146 valence electrons. The van der Waals surface area contributed by atoms with Crippen LogP contribution in [0.1, 0.15) is 17.5 Å². The molecule has 1 unspecified atom stereocenters.